The Bertz CT molecular complexity index is 1980. The Morgan fingerprint density at radius 2 is 1.68 bits per heavy atom. The van der Waals surface area contributed by atoms with Crippen LogP contribution >= 0.6 is 0 Å². The molecular formula is C55H95F2N6O11+. The summed E-state index contributed by atoms with van der Waals surface area (Å²) in [4.78, 5) is 20.9. The summed E-state index contributed by atoms with van der Waals surface area (Å²) in [6, 6.07) is 6.60. The molecule has 5 heterocycles. The molecule has 1 aromatic rings. The number of alkyl halides is 2. The average molecular weight is 1050 g/mol. The molecule has 20 atom stereocenters. The average Bonchev–Trinajstić information content (AvgIpc) is 4.02. The first kappa shape index (κ1) is 60.6. The normalized spacial score (nSPS) is 41.4. The van der Waals surface area contributed by atoms with Crippen LogP contribution in [-0.4, -0.2) is 192 Å². The van der Waals surface area contributed by atoms with Crippen LogP contribution in [0, 0.1) is 23.7 Å². The summed E-state index contributed by atoms with van der Waals surface area (Å²) < 4.78 is 67.4. The molecule has 0 bridgehead atoms. The van der Waals surface area contributed by atoms with Gasteiger partial charge in [-0.3, -0.25) is 9.80 Å². The van der Waals surface area contributed by atoms with Gasteiger partial charge in [0.2, 0.25) is 0 Å². The Balaban J connectivity index is 1.22. The van der Waals surface area contributed by atoms with Gasteiger partial charge in [0, 0.05) is 83.4 Å². The van der Waals surface area contributed by atoms with Crippen LogP contribution in [0.25, 0.3) is 0 Å². The number of cyclic esters (lactones) is 1. The lowest BCUT2D eigenvalue weighted by Gasteiger charge is -2.51. The minimum atomic E-state index is -1.80. The minimum absolute atomic E-state index is 0.0310. The Labute approximate surface area is 440 Å². The Hall–Kier alpha value is -2.63. The zero-order valence-corrected chi connectivity index (χ0v) is 47.0. The number of halogens is 2. The number of hydrogen-bond acceptors (Lipinski definition) is 16. The molecule has 3 unspecified atom stereocenters. The van der Waals surface area contributed by atoms with Crippen molar-refractivity contribution < 1.29 is 67.8 Å². The minimum Gasteiger partial charge on any atom is -0.459 e. The number of aliphatic hydroxyl groups is 4. The van der Waals surface area contributed by atoms with Crippen molar-refractivity contribution in [1.29, 1.82) is 0 Å². The lowest BCUT2D eigenvalue weighted by Crippen LogP contribution is -2.91. The number of rotatable bonds is 15. The van der Waals surface area contributed by atoms with Gasteiger partial charge in [0.15, 0.2) is 6.29 Å². The molecule has 7 N–H and O–H groups in total. The quantitative estimate of drug-likeness (QED) is 0.107. The fraction of sp³-hybridized carbons (Fsp3) is 0.836. The zero-order valence-electron chi connectivity index (χ0n) is 47.0. The van der Waals surface area contributed by atoms with Gasteiger partial charge < -0.3 is 63.5 Å². The van der Waals surface area contributed by atoms with E-state index < -0.39 is 114 Å². The van der Waals surface area contributed by atoms with Gasteiger partial charge in [-0.05, 0) is 111 Å². The van der Waals surface area contributed by atoms with E-state index in [-0.39, 0.29) is 37.3 Å². The number of nitrogens with zero attached hydrogens (tertiary/aromatic N) is 4. The number of hydrogen-bond donors (Lipinski definition) is 6. The molecule has 1 aromatic carbocycles. The molecule has 5 aliphatic rings. The molecule has 4 saturated heterocycles. The van der Waals surface area contributed by atoms with E-state index in [9.17, 15) is 34.0 Å². The summed E-state index contributed by atoms with van der Waals surface area (Å²) in [5.41, 5.74) is 3.61. The number of methoxy groups -OCH3 is 2. The summed E-state index contributed by atoms with van der Waals surface area (Å²) in [6.45, 7) is 19.9. The van der Waals surface area contributed by atoms with E-state index in [2.05, 4.69) is 17.5 Å². The van der Waals surface area contributed by atoms with Crippen LogP contribution in [0.3, 0.4) is 0 Å². The third-order valence-electron chi connectivity index (χ3n) is 17.7. The predicted molar refractivity (Wildman–Crippen MR) is 278 cm³/mol. The van der Waals surface area contributed by atoms with Gasteiger partial charge in [-0.1, -0.05) is 45.4 Å². The number of anilines is 1. The standard InChI is InChI=1S/C55H94F2N6O11/c1-15-45-55(10,68)49(64)36(6)61(12)29-32(2)26-53(8,67)51(34(4)47(35(5)52(66)73-45)44-27-54(9,70-14)50(65)37(7)72-44)74-46-25-42(24-33(3)71-46)60(11)22-21-40-31-63(59-58-40)43(28-56)48(69-13)38-16-18-41(19-17-38)62-23-20-39(57)30-62/h16-19,31-37,39,42-51,58-59,64-65,67-68H,15,20-30H2,1-14H3/p+1/t32-,33-,34+,35-,36-,37+,39-,42?,43-,44?,45-,46+,47+,48-,49?,50+,51-,53-,54-,55-/m1/s1. The van der Waals surface area contributed by atoms with Crippen LogP contribution < -0.4 is 15.9 Å². The highest BCUT2D eigenvalue weighted by atomic mass is 19.1. The second-order valence-electron chi connectivity index (χ2n) is 23.6. The lowest BCUT2D eigenvalue weighted by atomic mass is 9.68. The van der Waals surface area contributed by atoms with Crippen molar-refractivity contribution in [3.8, 4) is 0 Å². The van der Waals surface area contributed by atoms with Crippen molar-refractivity contribution in [2.24, 2.45) is 23.7 Å². The number of nitrogens with two attached hydrogens (primary N) is 1. The largest absolute Gasteiger partial charge is 0.459 e. The van der Waals surface area contributed by atoms with Crippen LogP contribution in [0.5, 0.6) is 0 Å². The molecule has 0 aromatic heterocycles. The Morgan fingerprint density at radius 3 is 2.28 bits per heavy atom. The Morgan fingerprint density at radius 1 is 0.986 bits per heavy atom. The highest BCUT2D eigenvalue weighted by molar-refractivity contribution is 5.73. The van der Waals surface area contributed by atoms with Crippen LogP contribution in [0.15, 0.2) is 36.2 Å². The van der Waals surface area contributed by atoms with E-state index in [1.165, 1.54) is 6.92 Å². The molecule has 424 valence electrons. The fourth-order valence-corrected chi connectivity index (χ4v) is 13.0. The number of quaternary nitrogens is 1. The summed E-state index contributed by atoms with van der Waals surface area (Å²) in [5, 5.41) is 49.7. The van der Waals surface area contributed by atoms with E-state index in [4.69, 9.17) is 28.4 Å². The topological polar surface area (TPSA) is 195 Å². The van der Waals surface area contributed by atoms with E-state index in [1.54, 1.807) is 40.0 Å². The summed E-state index contributed by atoms with van der Waals surface area (Å²) in [6.07, 6.45) is -2.75. The van der Waals surface area contributed by atoms with Crippen molar-refractivity contribution >= 4 is 11.7 Å². The predicted octanol–water partition coefficient (Wildman–Crippen LogP) is 4.38. The lowest BCUT2D eigenvalue weighted by molar-refractivity contribution is -0.679. The van der Waals surface area contributed by atoms with Gasteiger partial charge in [0.1, 0.15) is 54.6 Å². The second kappa shape index (κ2) is 25.4. The second-order valence-corrected chi connectivity index (χ2v) is 23.6. The maximum Gasteiger partial charge on any atom is 0.309 e. The van der Waals surface area contributed by atoms with Gasteiger partial charge in [-0.2, -0.15) is 0 Å². The van der Waals surface area contributed by atoms with Gasteiger partial charge in [0.05, 0.1) is 47.7 Å². The number of esters is 1. The van der Waals surface area contributed by atoms with Crippen LogP contribution in [-0.2, 0) is 33.2 Å². The fourth-order valence-electron chi connectivity index (χ4n) is 13.0. The first-order valence-corrected chi connectivity index (χ1v) is 27.4. The molecule has 0 amide bonds. The van der Waals surface area contributed by atoms with Crippen molar-refractivity contribution in [3.63, 3.8) is 0 Å². The highest BCUT2D eigenvalue weighted by Gasteiger charge is 2.54. The van der Waals surface area contributed by atoms with Crippen LogP contribution in [0.2, 0.25) is 0 Å². The molecule has 74 heavy (non-hydrogen) atoms. The SMILES string of the molecule is CC[C@H]1OC(=O)[C@H](C)[C@@H](C2C[C@@](C)(OC)[C@@H](O)[C@H](C)O2)[C@H](C)[C@@H](O[C@H]2CC(N(C)CCC3=CN([C@H](CF)[C@H](OC)c4ccc(N5CC[C@@H](F)C5)cc4)N[NH2+]3)C[C@@H](C)O2)[C@](C)(O)C[C@@H](C)CN(C)[C@H](C)C(O)[C@]1(C)O. The number of ether oxygens (including phenoxy) is 6. The number of likely N-dealkylation sites (N-methyl/N-ethyl adjacent to an activating group) is 1. The number of benzene rings is 1. The van der Waals surface area contributed by atoms with Gasteiger partial charge in [-0.25, -0.2) is 14.2 Å². The van der Waals surface area contributed by atoms with Crippen molar-refractivity contribution in [2.45, 2.75) is 210 Å². The van der Waals surface area contributed by atoms with E-state index in [1.807, 2.05) is 94.3 Å². The summed E-state index contributed by atoms with van der Waals surface area (Å²) in [7, 11) is 7.09. The third-order valence-corrected chi connectivity index (χ3v) is 17.7. The van der Waals surface area contributed by atoms with Crippen molar-refractivity contribution in [3.05, 3.63) is 41.7 Å². The summed E-state index contributed by atoms with van der Waals surface area (Å²) in [5.74, 6) is -2.83. The molecule has 4 fully saturated rings. The molecule has 6 rings (SSSR count). The van der Waals surface area contributed by atoms with E-state index >= 15 is 0 Å². The van der Waals surface area contributed by atoms with E-state index in [0.29, 0.717) is 45.4 Å². The third kappa shape index (κ3) is 13.8. The molecule has 5 aliphatic heterocycles. The van der Waals surface area contributed by atoms with Gasteiger partial charge in [-0.15, -0.1) is 0 Å². The molecule has 17 nitrogen and oxygen atoms in total. The maximum absolute atomic E-state index is 14.9. The first-order chi connectivity index (χ1) is 34.8. The number of aliphatic hydroxyl groups excluding tert-OH is 2. The highest BCUT2D eigenvalue weighted by Crippen LogP contribution is 2.45. The summed E-state index contributed by atoms with van der Waals surface area (Å²) >= 11 is 0. The smallest absolute Gasteiger partial charge is 0.309 e. The molecule has 19 heteroatoms. The van der Waals surface area contributed by atoms with E-state index in [0.717, 1.165) is 23.4 Å². The van der Waals surface area contributed by atoms with Crippen molar-refractivity contribution in [2.75, 3.05) is 66.1 Å². The molecule has 0 radical (unpaired) electrons. The molecule has 0 spiro atoms. The molecule has 0 aliphatic carbocycles. The van der Waals surface area contributed by atoms with Crippen LogP contribution in [0.1, 0.15) is 126 Å². The number of hydrazine groups is 1. The number of carbonyl (C=O) groups is 1. The maximum atomic E-state index is 14.9. The number of nitrogens with one attached hydrogen (secondary N) is 1. The van der Waals surface area contributed by atoms with Gasteiger partial charge in [0.25, 0.3) is 0 Å². The monoisotopic (exact) mass is 1050 g/mol. The zero-order chi connectivity index (χ0) is 54.6. The van der Waals surface area contributed by atoms with Crippen molar-refractivity contribution in [1.82, 2.24) is 20.3 Å². The number of carbonyl (C=O) groups excluding carboxylic acids is 1. The first-order valence-electron chi connectivity index (χ1n) is 27.4. The van der Waals surface area contributed by atoms with Gasteiger partial charge >= 0.3 is 5.97 Å². The molecular weight excluding hydrogens is 959 g/mol. The molecule has 0 saturated carbocycles. The Kier molecular flexibility index (Phi) is 20.8. The van der Waals surface area contributed by atoms with Crippen LogP contribution in [0.4, 0.5) is 14.5 Å².